The van der Waals surface area contributed by atoms with E-state index < -0.39 is 0 Å². The van der Waals surface area contributed by atoms with Crippen molar-refractivity contribution < 1.29 is 4.42 Å². The highest BCUT2D eigenvalue weighted by atomic mass is 79.9. The van der Waals surface area contributed by atoms with Gasteiger partial charge in [-0.05, 0) is 52.9 Å². The van der Waals surface area contributed by atoms with Gasteiger partial charge in [-0.3, -0.25) is 0 Å². The summed E-state index contributed by atoms with van der Waals surface area (Å²) in [5.74, 6) is 6.50. The molecule has 0 bridgehead atoms. The van der Waals surface area contributed by atoms with Crippen LogP contribution in [0.1, 0.15) is 37.5 Å². The van der Waals surface area contributed by atoms with Crippen LogP contribution in [0.25, 0.3) is 22.1 Å². The Morgan fingerprint density at radius 1 is 0.867 bits per heavy atom. The third-order valence-corrected chi connectivity index (χ3v) is 5.54. The molecule has 0 spiro atoms. The zero-order valence-electron chi connectivity index (χ0n) is 17.1. The molecular formula is C27H21BrO2. The number of rotatable bonds is 1. The summed E-state index contributed by atoms with van der Waals surface area (Å²) >= 11 is 3.46. The molecule has 0 aliphatic rings. The summed E-state index contributed by atoms with van der Waals surface area (Å²) in [6.07, 6.45) is 0. The molecule has 1 heterocycles. The van der Waals surface area contributed by atoms with E-state index >= 15 is 0 Å². The molecule has 3 heteroatoms. The van der Waals surface area contributed by atoms with Gasteiger partial charge >= 0.3 is 5.63 Å². The van der Waals surface area contributed by atoms with Gasteiger partial charge in [-0.25, -0.2) is 4.79 Å². The number of hydrogen-bond donors (Lipinski definition) is 0. The van der Waals surface area contributed by atoms with E-state index in [1.54, 1.807) is 0 Å². The van der Waals surface area contributed by atoms with Crippen molar-refractivity contribution in [1.29, 1.82) is 0 Å². The third kappa shape index (κ3) is 4.10. The Morgan fingerprint density at radius 2 is 1.57 bits per heavy atom. The van der Waals surface area contributed by atoms with Crippen molar-refractivity contribution in [3.05, 3.63) is 104 Å². The fourth-order valence-electron chi connectivity index (χ4n) is 3.33. The molecule has 0 saturated carbocycles. The molecule has 1 aromatic heterocycles. The van der Waals surface area contributed by atoms with Crippen molar-refractivity contribution in [1.82, 2.24) is 0 Å². The van der Waals surface area contributed by atoms with Crippen LogP contribution in [0, 0.1) is 11.8 Å². The predicted octanol–water partition coefficient (Wildman–Crippen LogP) is 6.92. The average Bonchev–Trinajstić information content (AvgIpc) is 2.72. The van der Waals surface area contributed by atoms with E-state index in [0.29, 0.717) is 16.7 Å². The Hall–Kier alpha value is -3.09. The Balaban J connectivity index is 2.06. The van der Waals surface area contributed by atoms with Crippen LogP contribution in [0.2, 0.25) is 0 Å². The Morgan fingerprint density at radius 3 is 2.23 bits per heavy atom. The quantitative estimate of drug-likeness (QED) is 0.229. The smallest absolute Gasteiger partial charge is 0.345 e. The minimum absolute atomic E-state index is 0.0355. The second-order valence-corrected chi connectivity index (χ2v) is 9.14. The Kier molecular flexibility index (Phi) is 5.37. The van der Waals surface area contributed by atoms with Crippen LogP contribution in [0.15, 0.2) is 86.5 Å². The standard InChI is InChI=1S/C27H21BrO2/c1-27(2,3)20-12-16-24-23(17-20)22(15-9-18-7-5-4-6-8-18)25(26(29)30-24)19-10-13-21(28)14-11-19/h4-8,10-14,16-17H,1-3H3. The first-order valence-corrected chi connectivity index (χ1v) is 10.6. The van der Waals surface area contributed by atoms with Crippen molar-refractivity contribution in [2.75, 3.05) is 0 Å². The zero-order chi connectivity index (χ0) is 21.3. The van der Waals surface area contributed by atoms with Gasteiger partial charge in [0.15, 0.2) is 0 Å². The van der Waals surface area contributed by atoms with Crippen LogP contribution in [0.4, 0.5) is 0 Å². The summed E-state index contributed by atoms with van der Waals surface area (Å²) in [5, 5.41) is 0.850. The predicted molar refractivity (Wildman–Crippen MR) is 127 cm³/mol. The molecule has 0 amide bonds. The van der Waals surface area contributed by atoms with E-state index in [0.717, 1.165) is 26.5 Å². The summed E-state index contributed by atoms with van der Waals surface area (Å²) in [4.78, 5) is 13.0. The van der Waals surface area contributed by atoms with Crippen LogP contribution in [0.5, 0.6) is 0 Å². The van der Waals surface area contributed by atoms with Crippen molar-refractivity contribution in [3.8, 4) is 23.0 Å². The summed E-state index contributed by atoms with van der Waals surface area (Å²) in [6, 6.07) is 23.4. The lowest BCUT2D eigenvalue weighted by Crippen LogP contribution is -2.12. The number of fused-ring (bicyclic) bond motifs is 1. The van der Waals surface area contributed by atoms with Gasteiger partial charge in [0.2, 0.25) is 0 Å². The SMILES string of the molecule is CC(C)(C)c1ccc2oc(=O)c(-c3ccc(Br)cc3)c(C#Cc3ccccc3)c2c1. The fourth-order valence-corrected chi connectivity index (χ4v) is 3.60. The summed E-state index contributed by atoms with van der Waals surface area (Å²) in [6.45, 7) is 6.49. The highest BCUT2D eigenvalue weighted by molar-refractivity contribution is 9.10. The van der Waals surface area contributed by atoms with Gasteiger partial charge in [-0.15, -0.1) is 0 Å². The van der Waals surface area contributed by atoms with E-state index in [9.17, 15) is 4.79 Å². The second-order valence-electron chi connectivity index (χ2n) is 8.22. The maximum atomic E-state index is 13.0. The Labute approximate surface area is 184 Å². The molecule has 0 N–H and O–H groups in total. The van der Waals surface area contributed by atoms with Crippen LogP contribution >= 0.6 is 15.9 Å². The summed E-state index contributed by atoms with van der Waals surface area (Å²) < 4.78 is 6.65. The van der Waals surface area contributed by atoms with Crippen LogP contribution < -0.4 is 5.63 Å². The normalized spacial score (nSPS) is 11.2. The highest BCUT2D eigenvalue weighted by Crippen LogP contribution is 2.31. The van der Waals surface area contributed by atoms with Crippen LogP contribution in [-0.4, -0.2) is 0 Å². The third-order valence-electron chi connectivity index (χ3n) is 5.01. The molecule has 30 heavy (non-hydrogen) atoms. The molecule has 0 aliphatic carbocycles. The minimum Gasteiger partial charge on any atom is -0.422 e. The molecule has 0 radical (unpaired) electrons. The van der Waals surface area contributed by atoms with Gasteiger partial charge in [0.25, 0.3) is 0 Å². The highest BCUT2D eigenvalue weighted by Gasteiger charge is 2.19. The molecule has 2 nitrogen and oxygen atoms in total. The lowest BCUT2D eigenvalue weighted by molar-refractivity contribution is 0.560. The van der Waals surface area contributed by atoms with Gasteiger partial charge in [-0.1, -0.05) is 84.9 Å². The molecule has 3 aromatic carbocycles. The number of benzene rings is 3. The first-order chi connectivity index (χ1) is 14.3. The van der Waals surface area contributed by atoms with Crippen molar-refractivity contribution in [2.24, 2.45) is 0 Å². The largest absolute Gasteiger partial charge is 0.422 e. The number of halogens is 1. The molecule has 0 fully saturated rings. The maximum Gasteiger partial charge on any atom is 0.345 e. The van der Waals surface area contributed by atoms with Gasteiger partial charge in [-0.2, -0.15) is 0 Å². The van der Waals surface area contributed by atoms with Gasteiger partial charge in [0, 0.05) is 15.4 Å². The lowest BCUT2D eigenvalue weighted by Gasteiger charge is -2.19. The van der Waals surface area contributed by atoms with Crippen molar-refractivity contribution in [2.45, 2.75) is 26.2 Å². The van der Waals surface area contributed by atoms with Gasteiger partial charge in [0.1, 0.15) is 5.58 Å². The molecule has 148 valence electrons. The molecule has 0 saturated heterocycles. The first kappa shape index (κ1) is 20.2. The molecule has 0 aliphatic heterocycles. The van der Waals surface area contributed by atoms with E-state index in [-0.39, 0.29) is 11.0 Å². The second kappa shape index (κ2) is 7.97. The maximum absolute atomic E-state index is 13.0. The first-order valence-electron chi connectivity index (χ1n) is 9.77. The summed E-state index contributed by atoms with van der Waals surface area (Å²) in [5.41, 5.74) is 4.15. The van der Waals surface area contributed by atoms with E-state index in [1.165, 1.54) is 0 Å². The van der Waals surface area contributed by atoms with Crippen LogP contribution in [0.3, 0.4) is 0 Å². The molecule has 0 unspecified atom stereocenters. The topological polar surface area (TPSA) is 30.2 Å². The van der Waals surface area contributed by atoms with Crippen LogP contribution in [-0.2, 0) is 5.41 Å². The molecule has 4 aromatic rings. The van der Waals surface area contributed by atoms with E-state index in [1.807, 2.05) is 66.7 Å². The van der Waals surface area contributed by atoms with E-state index in [4.69, 9.17) is 4.42 Å². The van der Waals surface area contributed by atoms with Crippen molar-refractivity contribution >= 4 is 26.9 Å². The zero-order valence-corrected chi connectivity index (χ0v) is 18.7. The Bertz CT molecular complexity index is 1330. The molecule has 4 rings (SSSR count). The average molecular weight is 457 g/mol. The summed E-state index contributed by atoms with van der Waals surface area (Å²) in [7, 11) is 0. The van der Waals surface area contributed by atoms with Crippen molar-refractivity contribution in [3.63, 3.8) is 0 Å². The molecule has 0 atom stereocenters. The number of hydrogen-bond acceptors (Lipinski definition) is 2. The molecular weight excluding hydrogens is 436 g/mol. The monoisotopic (exact) mass is 456 g/mol. The van der Waals surface area contributed by atoms with E-state index in [2.05, 4.69) is 54.6 Å². The minimum atomic E-state index is -0.384. The fraction of sp³-hybridized carbons (Fsp3) is 0.148. The van der Waals surface area contributed by atoms with Gasteiger partial charge < -0.3 is 4.42 Å². The lowest BCUT2D eigenvalue weighted by atomic mass is 9.85. The van der Waals surface area contributed by atoms with Gasteiger partial charge in [0.05, 0.1) is 11.1 Å².